The molecule has 1 aliphatic heterocycles. The van der Waals surface area contributed by atoms with E-state index in [9.17, 15) is 4.79 Å². The Hall–Kier alpha value is -2.45. The number of benzene rings is 2. The zero-order valence-electron chi connectivity index (χ0n) is 12.0. The molecule has 0 aliphatic carbocycles. The van der Waals surface area contributed by atoms with Crippen LogP contribution in [0, 0.1) is 11.3 Å². The smallest absolute Gasteiger partial charge is 0.246 e. The van der Waals surface area contributed by atoms with Crippen molar-refractivity contribution in [2.45, 2.75) is 4.90 Å². The van der Waals surface area contributed by atoms with Crippen LogP contribution in [0.5, 0.6) is 0 Å². The van der Waals surface area contributed by atoms with Crippen LogP contribution < -0.4 is 10.2 Å². The molecule has 0 saturated heterocycles. The summed E-state index contributed by atoms with van der Waals surface area (Å²) >= 11 is 1.78. The third-order valence-corrected chi connectivity index (χ3v) is 4.51. The number of hydrogen-bond donors (Lipinski definition) is 1. The van der Waals surface area contributed by atoms with Gasteiger partial charge in [-0.15, -0.1) is 11.8 Å². The molecule has 0 spiro atoms. The van der Waals surface area contributed by atoms with Gasteiger partial charge in [0, 0.05) is 22.9 Å². The number of anilines is 2. The first-order valence-corrected chi connectivity index (χ1v) is 8.03. The van der Waals surface area contributed by atoms with E-state index >= 15 is 0 Å². The van der Waals surface area contributed by atoms with E-state index in [1.165, 1.54) is 0 Å². The van der Waals surface area contributed by atoms with Gasteiger partial charge in [0.05, 0.1) is 23.9 Å². The Morgan fingerprint density at radius 2 is 2.14 bits per heavy atom. The van der Waals surface area contributed by atoms with Crippen molar-refractivity contribution in [1.29, 1.82) is 5.26 Å². The molecule has 5 heteroatoms. The molecule has 0 radical (unpaired) electrons. The molecule has 1 heterocycles. The first-order valence-electron chi connectivity index (χ1n) is 7.04. The predicted molar refractivity (Wildman–Crippen MR) is 89.2 cm³/mol. The van der Waals surface area contributed by atoms with Crippen LogP contribution in [0.3, 0.4) is 0 Å². The van der Waals surface area contributed by atoms with E-state index in [1.807, 2.05) is 35.2 Å². The molecule has 110 valence electrons. The third kappa shape index (κ3) is 3.07. The normalized spacial score (nSPS) is 13.1. The van der Waals surface area contributed by atoms with Crippen molar-refractivity contribution in [3.63, 3.8) is 0 Å². The maximum Gasteiger partial charge on any atom is 0.246 e. The van der Waals surface area contributed by atoms with E-state index in [-0.39, 0.29) is 12.5 Å². The number of amides is 1. The maximum atomic E-state index is 12.5. The number of thioether (sulfide) groups is 1. The summed E-state index contributed by atoms with van der Waals surface area (Å²) < 4.78 is 0. The average Bonchev–Trinajstić information content (AvgIpc) is 2.59. The largest absolute Gasteiger partial charge is 0.376 e. The van der Waals surface area contributed by atoms with Gasteiger partial charge in [-0.1, -0.05) is 18.2 Å². The lowest BCUT2D eigenvalue weighted by molar-refractivity contribution is -0.117. The van der Waals surface area contributed by atoms with Crippen LogP contribution >= 0.6 is 11.8 Å². The van der Waals surface area contributed by atoms with Crippen LogP contribution in [0.2, 0.25) is 0 Å². The lowest BCUT2D eigenvalue weighted by Gasteiger charge is -2.29. The quantitative estimate of drug-likeness (QED) is 0.946. The predicted octanol–water partition coefficient (Wildman–Crippen LogP) is 3.11. The van der Waals surface area contributed by atoms with Crippen LogP contribution in [0.4, 0.5) is 11.4 Å². The monoisotopic (exact) mass is 309 g/mol. The highest BCUT2D eigenvalue weighted by molar-refractivity contribution is 7.99. The number of nitrogens with one attached hydrogen (secondary N) is 1. The molecule has 4 nitrogen and oxygen atoms in total. The number of fused-ring (bicyclic) bond motifs is 1. The summed E-state index contributed by atoms with van der Waals surface area (Å²) in [7, 11) is 0. The van der Waals surface area contributed by atoms with Crippen LogP contribution in [-0.4, -0.2) is 24.7 Å². The lowest BCUT2D eigenvalue weighted by atomic mass is 10.2. The highest BCUT2D eigenvalue weighted by Gasteiger charge is 2.22. The number of rotatable bonds is 3. The van der Waals surface area contributed by atoms with Crippen molar-refractivity contribution in [3.8, 4) is 6.07 Å². The molecule has 2 aromatic rings. The van der Waals surface area contributed by atoms with Gasteiger partial charge in [0.15, 0.2) is 0 Å². The number of carbonyl (C=O) groups is 1. The first-order chi connectivity index (χ1) is 10.8. The lowest BCUT2D eigenvalue weighted by Crippen LogP contribution is -2.39. The van der Waals surface area contributed by atoms with Crippen molar-refractivity contribution in [1.82, 2.24) is 0 Å². The molecule has 0 unspecified atom stereocenters. The van der Waals surface area contributed by atoms with Gasteiger partial charge in [0.2, 0.25) is 5.91 Å². The molecular formula is C17H15N3OS. The summed E-state index contributed by atoms with van der Waals surface area (Å²) in [5, 5.41) is 12.0. The van der Waals surface area contributed by atoms with Crippen molar-refractivity contribution < 1.29 is 4.79 Å². The average molecular weight is 309 g/mol. The van der Waals surface area contributed by atoms with Gasteiger partial charge >= 0.3 is 0 Å². The van der Waals surface area contributed by atoms with E-state index < -0.39 is 0 Å². The van der Waals surface area contributed by atoms with E-state index in [0.29, 0.717) is 5.56 Å². The zero-order chi connectivity index (χ0) is 15.4. The summed E-state index contributed by atoms with van der Waals surface area (Å²) in [6.45, 7) is 0.939. The maximum absolute atomic E-state index is 12.5. The molecule has 1 aliphatic rings. The van der Waals surface area contributed by atoms with E-state index in [0.717, 1.165) is 28.6 Å². The third-order valence-electron chi connectivity index (χ3n) is 3.46. The van der Waals surface area contributed by atoms with Crippen molar-refractivity contribution in [3.05, 3.63) is 54.1 Å². The molecule has 3 rings (SSSR count). The minimum atomic E-state index is 0.0371. The number of hydrogen-bond acceptors (Lipinski definition) is 4. The topological polar surface area (TPSA) is 56.1 Å². The Kier molecular flexibility index (Phi) is 4.31. The van der Waals surface area contributed by atoms with Crippen LogP contribution in [0.1, 0.15) is 5.56 Å². The van der Waals surface area contributed by atoms with Gasteiger partial charge in [0.25, 0.3) is 0 Å². The fraction of sp³-hybridized carbons (Fsp3) is 0.176. The molecule has 0 aromatic heterocycles. The summed E-state index contributed by atoms with van der Waals surface area (Å²) in [5.41, 5.74) is 2.35. The van der Waals surface area contributed by atoms with E-state index in [2.05, 4.69) is 11.4 Å². The molecule has 0 atom stereocenters. The summed E-state index contributed by atoms with van der Waals surface area (Å²) in [4.78, 5) is 15.5. The minimum absolute atomic E-state index is 0.0371. The molecular weight excluding hydrogens is 294 g/mol. The Morgan fingerprint density at radius 3 is 3.00 bits per heavy atom. The number of carbonyl (C=O) groups excluding carboxylic acids is 1. The van der Waals surface area contributed by atoms with Crippen LogP contribution in [-0.2, 0) is 4.79 Å². The molecule has 0 saturated carbocycles. The summed E-state index contributed by atoms with van der Waals surface area (Å²) in [6.07, 6.45) is 0. The van der Waals surface area contributed by atoms with Gasteiger partial charge in [-0.25, -0.2) is 0 Å². The fourth-order valence-electron chi connectivity index (χ4n) is 2.40. The fourth-order valence-corrected chi connectivity index (χ4v) is 3.40. The molecule has 1 amide bonds. The zero-order valence-corrected chi connectivity index (χ0v) is 12.8. The molecule has 0 fully saturated rings. The van der Waals surface area contributed by atoms with Gasteiger partial charge in [-0.2, -0.15) is 5.26 Å². The second-order valence-corrected chi connectivity index (χ2v) is 6.04. The highest BCUT2D eigenvalue weighted by Crippen LogP contribution is 2.34. The van der Waals surface area contributed by atoms with Crippen molar-refractivity contribution in [2.24, 2.45) is 0 Å². The second kappa shape index (κ2) is 6.54. The van der Waals surface area contributed by atoms with Gasteiger partial charge in [0.1, 0.15) is 0 Å². The van der Waals surface area contributed by atoms with E-state index in [4.69, 9.17) is 5.26 Å². The Bertz CT molecular complexity index is 739. The SMILES string of the molecule is N#Cc1cccc(NCC(=O)N2CCSc3ccccc32)c1. The Labute approximate surface area is 133 Å². The van der Waals surface area contributed by atoms with Gasteiger partial charge in [-0.3, -0.25) is 4.79 Å². The Balaban J connectivity index is 1.69. The second-order valence-electron chi connectivity index (χ2n) is 4.91. The van der Waals surface area contributed by atoms with E-state index in [1.54, 1.807) is 30.0 Å². The highest BCUT2D eigenvalue weighted by atomic mass is 32.2. The number of nitrogens with zero attached hydrogens (tertiary/aromatic N) is 2. The number of para-hydroxylation sites is 1. The number of nitriles is 1. The molecule has 2 aromatic carbocycles. The molecule has 22 heavy (non-hydrogen) atoms. The van der Waals surface area contributed by atoms with Crippen molar-refractivity contribution >= 4 is 29.0 Å². The standard InChI is InChI=1S/C17H15N3OS/c18-11-13-4-3-5-14(10-13)19-12-17(21)20-8-9-22-16-7-2-1-6-15(16)20/h1-7,10,19H,8-9,12H2. The molecule has 0 bridgehead atoms. The van der Waals surface area contributed by atoms with Gasteiger partial charge < -0.3 is 10.2 Å². The van der Waals surface area contributed by atoms with Crippen LogP contribution in [0.15, 0.2) is 53.4 Å². The van der Waals surface area contributed by atoms with Crippen LogP contribution in [0.25, 0.3) is 0 Å². The summed E-state index contributed by atoms with van der Waals surface area (Å²) in [5.74, 6) is 0.947. The first kappa shape index (κ1) is 14.5. The Morgan fingerprint density at radius 1 is 1.27 bits per heavy atom. The van der Waals surface area contributed by atoms with Gasteiger partial charge in [-0.05, 0) is 30.3 Å². The molecule has 1 N–H and O–H groups in total. The summed E-state index contributed by atoms with van der Waals surface area (Å²) in [6, 6.07) is 17.2. The van der Waals surface area contributed by atoms with Crippen molar-refractivity contribution in [2.75, 3.05) is 29.1 Å². The minimum Gasteiger partial charge on any atom is -0.376 e.